The summed E-state index contributed by atoms with van der Waals surface area (Å²) >= 11 is 0. The summed E-state index contributed by atoms with van der Waals surface area (Å²) in [6.45, 7) is 2.95. The molecule has 0 radical (unpaired) electrons. The van der Waals surface area contributed by atoms with Crippen LogP contribution in [-0.2, 0) is 10.0 Å². The Morgan fingerprint density at radius 1 is 1.16 bits per heavy atom. The number of hydrogen-bond donors (Lipinski definition) is 2. The molecule has 3 aliphatic rings. The summed E-state index contributed by atoms with van der Waals surface area (Å²) in [6, 6.07) is 1.51. The molecule has 5 rings (SSSR count). The smallest absolute Gasteiger partial charge is 0.222 e. The van der Waals surface area contributed by atoms with Gasteiger partial charge in [0.05, 0.1) is 17.0 Å². The topological polar surface area (TPSA) is 106 Å². The number of fused-ring (bicyclic) bond motifs is 1. The van der Waals surface area contributed by atoms with E-state index in [1.54, 1.807) is 0 Å². The van der Waals surface area contributed by atoms with Crippen molar-refractivity contribution < 1.29 is 17.2 Å². The number of aryl methyl sites for hydroxylation is 1. The van der Waals surface area contributed by atoms with Crippen molar-refractivity contribution in [1.82, 2.24) is 24.2 Å². The molecule has 8 nitrogen and oxygen atoms in total. The van der Waals surface area contributed by atoms with Gasteiger partial charge < -0.3 is 15.6 Å². The summed E-state index contributed by atoms with van der Waals surface area (Å²) in [5, 5.41) is 3.37. The number of alkyl halides is 2. The lowest BCUT2D eigenvalue weighted by Crippen LogP contribution is -2.45. The van der Waals surface area contributed by atoms with Crippen LogP contribution in [0.3, 0.4) is 0 Å². The first kappa shape index (κ1) is 21.0. The van der Waals surface area contributed by atoms with Crippen molar-refractivity contribution in [3.05, 3.63) is 17.5 Å². The molecule has 0 aromatic carbocycles. The Morgan fingerprint density at radius 3 is 2.61 bits per heavy atom. The van der Waals surface area contributed by atoms with Gasteiger partial charge in [0.1, 0.15) is 18.0 Å². The zero-order valence-corrected chi connectivity index (χ0v) is 18.3. The molecule has 2 aromatic heterocycles. The number of rotatable bonds is 4. The van der Waals surface area contributed by atoms with Crippen LogP contribution in [0.1, 0.15) is 49.0 Å². The van der Waals surface area contributed by atoms with Gasteiger partial charge in [0.15, 0.2) is 0 Å². The van der Waals surface area contributed by atoms with Crippen LogP contribution in [0.15, 0.2) is 6.07 Å². The van der Waals surface area contributed by atoms with Crippen molar-refractivity contribution in [3.63, 3.8) is 0 Å². The molecule has 4 heterocycles. The molecule has 0 amide bonds. The third-order valence-corrected chi connectivity index (χ3v) is 9.17. The van der Waals surface area contributed by atoms with Crippen LogP contribution in [0.4, 0.5) is 14.7 Å². The maximum absolute atomic E-state index is 15.3. The summed E-state index contributed by atoms with van der Waals surface area (Å²) in [5.41, 5.74) is 7.84. The molecule has 31 heavy (non-hydrogen) atoms. The molecule has 2 saturated heterocycles. The van der Waals surface area contributed by atoms with Gasteiger partial charge in [-0.25, -0.2) is 22.2 Å². The first-order valence-corrected chi connectivity index (χ1v) is 12.4. The summed E-state index contributed by atoms with van der Waals surface area (Å²) in [6.07, 6.45) is -0.206. The summed E-state index contributed by atoms with van der Waals surface area (Å²) < 4.78 is 58.2. The number of anilines is 1. The van der Waals surface area contributed by atoms with Crippen LogP contribution in [0, 0.1) is 6.92 Å². The average Bonchev–Trinajstić information content (AvgIpc) is 3.53. The highest BCUT2D eigenvalue weighted by molar-refractivity contribution is 7.90. The monoisotopic (exact) mass is 454 g/mol. The molecule has 4 atom stereocenters. The lowest BCUT2D eigenvalue weighted by molar-refractivity contribution is 0.173. The summed E-state index contributed by atoms with van der Waals surface area (Å²) in [5.74, 6) is -0.561. The molecule has 0 bridgehead atoms. The van der Waals surface area contributed by atoms with Gasteiger partial charge in [0.25, 0.3) is 0 Å². The number of sulfonamides is 1. The van der Waals surface area contributed by atoms with Gasteiger partial charge in [-0.3, -0.25) is 0 Å². The number of aromatic nitrogens is 3. The second-order valence-corrected chi connectivity index (χ2v) is 11.2. The van der Waals surface area contributed by atoms with E-state index in [2.05, 4.69) is 15.3 Å². The highest BCUT2D eigenvalue weighted by atomic mass is 32.2. The molecular weight excluding hydrogens is 426 g/mol. The standard InChI is InChI=1S/C20H28F2N6O2S/c1-11-8-14-18(13-5-7-27(10-16(13)22)31(29,30)12-2-3-12)25-20(23)26-19(14)28(11)17-4-6-24-9-15(17)21/h8,12-13,15-17,24H,2-7,9-10H2,1H3,(H2,23,25,26)/t13-,15+,16-,17-/m1/s1. The van der Waals surface area contributed by atoms with Crippen molar-refractivity contribution in [3.8, 4) is 0 Å². The first-order chi connectivity index (χ1) is 14.8. The van der Waals surface area contributed by atoms with Crippen LogP contribution in [0.5, 0.6) is 0 Å². The minimum Gasteiger partial charge on any atom is -0.368 e. The van der Waals surface area contributed by atoms with Gasteiger partial charge in [0, 0.05) is 36.6 Å². The van der Waals surface area contributed by atoms with Crippen molar-refractivity contribution in [2.75, 3.05) is 31.9 Å². The fourth-order valence-electron chi connectivity index (χ4n) is 5.05. The van der Waals surface area contributed by atoms with E-state index in [1.165, 1.54) is 4.31 Å². The van der Waals surface area contributed by atoms with Crippen LogP contribution in [0.2, 0.25) is 0 Å². The van der Waals surface area contributed by atoms with Crippen molar-refractivity contribution >= 4 is 27.0 Å². The van der Waals surface area contributed by atoms with E-state index < -0.39 is 28.3 Å². The number of nitrogens with zero attached hydrogens (tertiary/aromatic N) is 4. The van der Waals surface area contributed by atoms with Crippen molar-refractivity contribution in [2.45, 2.75) is 62.2 Å². The highest BCUT2D eigenvalue weighted by Crippen LogP contribution is 2.39. The van der Waals surface area contributed by atoms with Crippen LogP contribution < -0.4 is 11.1 Å². The number of piperidine rings is 2. The lowest BCUT2D eigenvalue weighted by Gasteiger charge is -2.34. The van der Waals surface area contributed by atoms with Crippen LogP contribution in [0.25, 0.3) is 11.0 Å². The van der Waals surface area contributed by atoms with Crippen molar-refractivity contribution in [2.24, 2.45) is 0 Å². The molecule has 3 fully saturated rings. The fourth-order valence-corrected chi connectivity index (χ4v) is 6.91. The number of nitrogens with two attached hydrogens (primary N) is 1. The van der Waals surface area contributed by atoms with E-state index >= 15 is 4.39 Å². The molecule has 11 heteroatoms. The predicted octanol–water partition coefficient (Wildman–Crippen LogP) is 1.81. The van der Waals surface area contributed by atoms with E-state index in [-0.39, 0.29) is 36.9 Å². The molecule has 0 unspecified atom stereocenters. The zero-order valence-electron chi connectivity index (χ0n) is 17.5. The fraction of sp³-hybridized carbons (Fsp3) is 0.700. The Labute approximate surface area is 180 Å². The van der Waals surface area contributed by atoms with E-state index in [4.69, 9.17) is 5.73 Å². The summed E-state index contributed by atoms with van der Waals surface area (Å²) in [7, 11) is -3.42. The van der Waals surface area contributed by atoms with E-state index in [1.807, 2.05) is 17.6 Å². The Hall–Kier alpha value is -1.85. The minimum absolute atomic E-state index is 0.0198. The Morgan fingerprint density at radius 2 is 1.94 bits per heavy atom. The van der Waals surface area contributed by atoms with E-state index in [9.17, 15) is 12.8 Å². The van der Waals surface area contributed by atoms with Crippen molar-refractivity contribution in [1.29, 1.82) is 0 Å². The van der Waals surface area contributed by atoms with Gasteiger partial charge in [0.2, 0.25) is 16.0 Å². The number of nitrogen functional groups attached to an aromatic ring is 1. The van der Waals surface area contributed by atoms with Gasteiger partial charge in [-0.15, -0.1) is 0 Å². The summed E-state index contributed by atoms with van der Waals surface area (Å²) in [4.78, 5) is 8.75. The molecule has 2 aromatic rings. The van der Waals surface area contributed by atoms with Gasteiger partial charge in [-0.2, -0.15) is 9.29 Å². The Balaban J connectivity index is 1.50. The third kappa shape index (κ3) is 3.60. The van der Waals surface area contributed by atoms with Gasteiger partial charge >= 0.3 is 0 Å². The maximum atomic E-state index is 15.3. The Bertz CT molecular complexity index is 1100. The number of hydrogen-bond acceptors (Lipinski definition) is 6. The largest absolute Gasteiger partial charge is 0.368 e. The average molecular weight is 455 g/mol. The molecule has 2 aliphatic heterocycles. The van der Waals surface area contributed by atoms with E-state index in [0.717, 1.165) is 5.69 Å². The van der Waals surface area contributed by atoms with Gasteiger partial charge in [-0.1, -0.05) is 0 Å². The van der Waals surface area contributed by atoms with Gasteiger partial charge in [-0.05, 0) is 45.2 Å². The SMILES string of the molecule is Cc1cc2c([C@@H]3CCN(S(=O)(=O)C4CC4)C[C@H]3F)nc(N)nc2n1[C@@H]1CCNC[C@@H]1F. The molecular formula is C20H28F2N6O2S. The molecule has 1 aliphatic carbocycles. The second kappa shape index (κ2) is 7.63. The normalized spacial score (nSPS) is 30.7. The van der Waals surface area contributed by atoms with Crippen LogP contribution in [-0.4, -0.2) is 71.0 Å². The number of halogens is 2. The Kier molecular flexibility index (Phi) is 5.17. The second-order valence-electron chi connectivity index (χ2n) is 8.95. The molecule has 170 valence electrons. The highest BCUT2D eigenvalue weighted by Gasteiger charge is 2.44. The zero-order chi connectivity index (χ0) is 21.9. The van der Waals surface area contributed by atoms with E-state index in [0.29, 0.717) is 49.0 Å². The molecule has 1 saturated carbocycles. The quantitative estimate of drug-likeness (QED) is 0.730. The molecule has 0 spiro atoms. The van der Waals surface area contributed by atoms with Crippen LogP contribution >= 0.6 is 0 Å². The number of nitrogens with one attached hydrogen (secondary N) is 1. The lowest BCUT2D eigenvalue weighted by atomic mass is 9.91. The third-order valence-electron chi connectivity index (χ3n) is 6.80. The first-order valence-electron chi connectivity index (χ1n) is 10.9. The predicted molar refractivity (Wildman–Crippen MR) is 114 cm³/mol. The molecule has 3 N–H and O–H groups in total. The minimum atomic E-state index is -3.42. The maximum Gasteiger partial charge on any atom is 0.222 e.